The van der Waals surface area contributed by atoms with Gasteiger partial charge in [0.05, 0.1) is 18.2 Å². The Morgan fingerprint density at radius 3 is 2.28 bits per heavy atom. The van der Waals surface area contributed by atoms with E-state index in [9.17, 15) is 9.90 Å². The summed E-state index contributed by atoms with van der Waals surface area (Å²) in [4.78, 5) is 11.8. The number of benzene rings is 1. The minimum Gasteiger partial charge on any atom is -0.386 e. The Morgan fingerprint density at radius 2 is 1.78 bits per heavy atom. The summed E-state index contributed by atoms with van der Waals surface area (Å²) in [5, 5.41) is 12.8. The van der Waals surface area contributed by atoms with Crippen LogP contribution in [0.1, 0.15) is 32.4 Å². The van der Waals surface area contributed by atoms with Crippen molar-refractivity contribution in [3.8, 4) is 0 Å². The first-order valence-electron chi connectivity index (χ1n) is 6.22. The molecule has 0 aliphatic heterocycles. The summed E-state index contributed by atoms with van der Waals surface area (Å²) >= 11 is 0. The number of rotatable bonds is 5. The van der Waals surface area contributed by atoms with Gasteiger partial charge in [0.1, 0.15) is 0 Å². The van der Waals surface area contributed by atoms with Crippen molar-refractivity contribution in [2.75, 3.05) is 0 Å². The summed E-state index contributed by atoms with van der Waals surface area (Å²) in [7, 11) is 0. The quantitative estimate of drug-likeness (QED) is 0.735. The highest BCUT2D eigenvalue weighted by atomic mass is 16.3. The lowest BCUT2D eigenvalue weighted by Crippen LogP contribution is -2.48. The Balaban J connectivity index is 2.60. The fraction of sp³-hybridized carbons (Fsp3) is 0.500. The van der Waals surface area contributed by atoms with Crippen molar-refractivity contribution >= 4 is 5.91 Å². The molecule has 0 saturated carbocycles. The number of aliphatic hydroxyl groups is 1. The first-order valence-corrected chi connectivity index (χ1v) is 6.22. The van der Waals surface area contributed by atoms with Gasteiger partial charge in [0, 0.05) is 0 Å². The highest BCUT2D eigenvalue weighted by Crippen LogP contribution is 2.16. The lowest BCUT2D eigenvalue weighted by molar-refractivity contribution is -0.124. The third-order valence-electron chi connectivity index (χ3n) is 3.01. The fourth-order valence-corrected chi connectivity index (χ4v) is 1.64. The molecule has 0 bridgehead atoms. The standard InChI is InChI=1S/C14H22N2O2/c1-9(2)12(15)14(18)16-10(3)13(17)11-7-5-4-6-8-11/h4-10,12-13,17H,15H2,1-3H3,(H,16,18)/t10-,12-,13?/m0/s1. The van der Waals surface area contributed by atoms with E-state index < -0.39 is 12.1 Å². The molecule has 0 spiro atoms. The number of amides is 1. The van der Waals surface area contributed by atoms with Gasteiger partial charge >= 0.3 is 0 Å². The third kappa shape index (κ3) is 3.82. The Bertz CT molecular complexity index is 379. The lowest BCUT2D eigenvalue weighted by Gasteiger charge is -2.23. The second kappa shape index (κ2) is 6.52. The maximum absolute atomic E-state index is 11.8. The van der Waals surface area contributed by atoms with E-state index in [1.165, 1.54) is 0 Å². The van der Waals surface area contributed by atoms with Crippen LogP contribution in [0, 0.1) is 5.92 Å². The number of nitrogens with two attached hydrogens (primary N) is 1. The van der Waals surface area contributed by atoms with Gasteiger partial charge in [0.15, 0.2) is 0 Å². The zero-order valence-corrected chi connectivity index (χ0v) is 11.1. The summed E-state index contributed by atoms with van der Waals surface area (Å²) in [5.41, 5.74) is 6.53. The molecule has 1 aromatic rings. The number of carbonyl (C=O) groups is 1. The summed E-state index contributed by atoms with van der Waals surface area (Å²) < 4.78 is 0. The topological polar surface area (TPSA) is 75.4 Å². The van der Waals surface area contributed by atoms with E-state index >= 15 is 0 Å². The SMILES string of the molecule is CC(C)[C@H](N)C(=O)N[C@@H](C)C(O)c1ccccc1. The number of nitrogens with one attached hydrogen (secondary N) is 1. The van der Waals surface area contributed by atoms with Gasteiger partial charge in [0.25, 0.3) is 0 Å². The van der Waals surface area contributed by atoms with Crippen LogP contribution in [0.3, 0.4) is 0 Å². The number of carbonyl (C=O) groups excluding carboxylic acids is 1. The number of hydrogen-bond acceptors (Lipinski definition) is 3. The van der Waals surface area contributed by atoms with E-state index in [1.54, 1.807) is 6.92 Å². The molecule has 0 heterocycles. The lowest BCUT2D eigenvalue weighted by atomic mass is 10.0. The molecule has 0 aliphatic rings. The molecular formula is C14H22N2O2. The van der Waals surface area contributed by atoms with Gasteiger partial charge < -0.3 is 16.2 Å². The third-order valence-corrected chi connectivity index (χ3v) is 3.01. The zero-order chi connectivity index (χ0) is 13.7. The van der Waals surface area contributed by atoms with Crippen molar-refractivity contribution in [1.29, 1.82) is 0 Å². The maximum atomic E-state index is 11.8. The molecule has 1 unspecified atom stereocenters. The van der Waals surface area contributed by atoms with Crippen molar-refractivity contribution in [1.82, 2.24) is 5.32 Å². The highest BCUT2D eigenvalue weighted by Gasteiger charge is 2.22. The predicted molar refractivity (Wildman–Crippen MR) is 71.8 cm³/mol. The monoisotopic (exact) mass is 250 g/mol. The van der Waals surface area contributed by atoms with Crippen LogP contribution in [0.4, 0.5) is 0 Å². The molecule has 0 radical (unpaired) electrons. The van der Waals surface area contributed by atoms with E-state index in [1.807, 2.05) is 44.2 Å². The average molecular weight is 250 g/mol. The molecule has 1 rings (SSSR count). The van der Waals surface area contributed by atoms with E-state index in [0.717, 1.165) is 5.56 Å². The van der Waals surface area contributed by atoms with Gasteiger partial charge in [-0.15, -0.1) is 0 Å². The van der Waals surface area contributed by atoms with Gasteiger partial charge in [-0.1, -0.05) is 44.2 Å². The van der Waals surface area contributed by atoms with Crippen molar-refractivity contribution in [2.24, 2.45) is 11.7 Å². The van der Waals surface area contributed by atoms with Crippen LogP contribution in [-0.4, -0.2) is 23.1 Å². The molecule has 18 heavy (non-hydrogen) atoms. The molecule has 4 nitrogen and oxygen atoms in total. The fourth-order valence-electron chi connectivity index (χ4n) is 1.64. The summed E-state index contributed by atoms with van der Waals surface area (Å²) in [6.07, 6.45) is -0.727. The first kappa shape index (κ1) is 14.7. The van der Waals surface area contributed by atoms with Gasteiger partial charge in [-0.2, -0.15) is 0 Å². The Morgan fingerprint density at radius 1 is 1.22 bits per heavy atom. The summed E-state index contributed by atoms with van der Waals surface area (Å²) in [5.74, 6) is -0.154. The number of hydrogen-bond donors (Lipinski definition) is 3. The van der Waals surface area contributed by atoms with E-state index in [4.69, 9.17) is 5.73 Å². The highest BCUT2D eigenvalue weighted by molar-refractivity contribution is 5.82. The molecule has 0 aliphatic carbocycles. The summed E-state index contributed by atoms with van der Waals surface area (Å²) in [6, 6.07) is 8.33. The van der Waals surface area contributed by atoms with Gasteiger partial charge in [-0.3, -0.25) is 4.79 Å². The van der Waals surface area contributed by atoms with Crippen molar-refractivity contribution in [2.45, 2.75) is 39.0 Å². The van der Waals surface area contributed by atoms with E-state index in [2.05, 4.69) is 5.32 Å². The molecule has 4 heteroatoms. The molecule has 4 N–H and O–H groups in total. The maximum Gasteiger partial charge on any atom is 0.237 e. The Labute approximate surface area is 108 Å². The Kier molecular flexibility index (Phi) is 5.31. The molecule has 0 aromatic heterocycles. The molecule has 100 valence electrons. The van der Waals surface area contributed by atoms with Crippen molar-refractivity contribution < 1.29 is 9.90 Å². The Hall–Kier alpha value is -1.39. The molecule has 0 saturated heterocycles. The molecule has 1 amide bonds. The van der Waals surface area contributed by atoms with Gasteiger partial charge in [0.2, 0.25) is 5.91 Å². The van der Waals surface area contributed by atoms with Crippen LogP contribution in [-0.2, 0) is 4.79 Å². The van der Waals surface area contributed by atoms with Crippen LogP contribution in [0.2, 0.25) is 0 Å². The van der Waals surface area contributed by atoms with Crippen LogP contribution in [0.15, 0.2) is 30.3 Å². The van der Waals surface area contributed by atoms with Crippen molar-refractivity contribution in [3.63, 3.8) is 0 Å². The normalized spacial score (nSPS) is 16.1. The second-order valence-corrected chi connectivity index (χ2v) is 4.92. The molecule has 0 fully saturated rings. The van der Waals surface area contributed by atoms with Gasteiger partial charge in [-0.05, 0) is 18.4 Å². The predicted octanol–water partition coefficient (Wildman–Crippen LogP) is 1.21. The van der Waals surface area contributed by atoms with Crippen LogP contribution < -0.4 is 11.1 Å². The second-order valence-electron chi connectivity index (χ2n) is 4.92. The van der Waals surface area contributed by atoms with Crippen LogP contribution in [0.5, 0.6) is 0 Å². The van der Waals surface area contributed by atoms with E-state index in [-0.39, 0.29) is 17.9 Å². The molecule has 1 aromatic carbocycles. The molecular weight excluding hydrogens is 228 g/mol. The minimum absolute atomic E-state index is 0.0751. The van der Waals surface area contributed by atoms with Crippen LogP contribution >= 0.6 is 0 Å². The van der Waals surface area contributed by atoms with E-state index in [0.29, 0.717) is 0 Å². The first-order chi connectivity index (χ1) is 8.43. The molecule has 3 atom stereocenters. The largest absolute Gasteiger partial charge is 0.386 e. The minimum atomic E-state index is -0.727. The van der Waals surface area contributed by atoms with Gasteiger partial charge in [-0.25, -0.2) is 0 Å². The smallest absolute Gasteiger partial charge is 0.237 e. The van der Waals surface area contributed by atoms with Crippen molar-refractivity contribution in [3.05, 3.63) is 35.9 Å². The average Bonchev–Trinajstić information content (AvgIpc) is 2.37. The zero-order valence-electron chi connectivity index (χ0n) is 11.1. The summed E-state index contributed by atoms with van der Waals surface area (Å²) in [6.45, 7) is 5.55. The number of aliphatic hydroxyl groups excluding tert-OH is 1. The van der Waals surface area contributed by atoms with Crippen LogP contribution in [0.25, 0.3) is 0 Å².